The summed E-state index contributed by atoms with van der Waals surface area (Å²) in [5.74, 6) is 2.58. The van der Waals surface area contributed by atoms with E-state index in [2.05, 4.69) is 20.8 Å². The van der Waals surface area contributed by atoms with Gasteiger partial charge in [-0.1, -0.05) is 33.6 Å². The highest BCUT2D eigenvalue weighted by Gasteiger charge is 2.28. The predicted molar refractivity (Wildman–Crippen MR) is 58.6 cm³/mol. The topological polar surface area (TPSA) is 26.0 Å². The van der Waals surface area contributed by atoms with E-state index in [0.717, 1.165) is 17.8 Å². The Bertz CT molecular complexity index is 140. The van der Waals surface area contributed by atoms with Crippen molar-refractivity contribution in [3.63, 3.8) is 0 Å². The third-order valence-corrected chi connectivity index (χ3v) is 3.67. The molecule has 13 heavy (non-hydrogen) atoms. The Morgan fingerprint density at radius 1 is 1.31 bits per heavy atom. The summed E-state index contributed by atoms with van der Waals surface area (Å²) >= 11 is 0. The number of rotatable bonds is 3. The van der Waals surface area contributed by atoms with Gasteiger partial charge in [0.1, 0.15) is 0 Å². The van der Waals surface area contributed by atoms with E-state index in [1.165, 1.54) is 32.1 Å². The van der Waals surface area contributed by atoms with Crippen molar-refractivity contribution in [1.82, 2.24) is 0 Å². The molecule has 1 nitrogen and oxygen atoms in total. The second-order valence-corrected chi connectivity index (χ2v) is 5.01. The van der Waals surface area contributed by atoms with Crippen LogP contribution in [-0.4, -0.2) is 6.04 Å². The zero-order valence-electron chi connectivity index (χ0n) is 9.42. The van der Waals surface area contributed by atoms with Crippen molar-refractivity contribution in [2.24, 2.45) is 23.5 Å². The van der Waals surface area contributed by atoms with E-state index in [0.29, 0.717) is 6.04 Å². The molecule has 2 N–H and O–H groups in total. The molecular formula is C12H25N. The molecule has 0 amide bonds. The Hall–Kier alpha value is -0.0400. The van der Waals surface area contributed by atoms with E-state index in [1.807, 2.05) is 0 Å². The SMILES string of the molecule is CCCC(N)C1CCC(C)CC1C. The molecule has 1 aliphatic rings. The highest BCUT2D eigenvalue weighted by atomic mass is 14.7. The van der Waals surface area contributed by atoms with Crippen molar-refractivity contribution in [2.75, 3.05) is 0 Å². The average molecular weight is 183 g/mol. The summed E-state index contributed by atoms with van der Waals surface area (Å²) in [6.07, 6.45) is 6.60. The number of hydrogen-bond donors (Lipinski definition) is 1. The van der Waals surface area contributed by atoms with Gasteiger partial charge in [-0.15, -0.1) is 0 Å². The maximum absolute atomic E-state index is 6.19. The van der Waals surface area contributed by atoms with Crippen LogP contribution in [0.1, 0.15) is 52.9 Å². The van der Waals surface area contributed by atoms with Crippen LogP contribution in [0.5, 0.6) is 0 Å². The summed E-state index contributed by atoms with van der Waals surface area (Å²) in [6.45, 7) is 6.99. The monoisotopic (exact) mass is 183 g/mol. The molecule has 0 radical (unpaired) electrons. The van der Waals surface area contributed by atoms with Crippen molar-refractivity contribution in [1.29, 1.82) is 0 Å². The average Bonchev–Trinajstić information content (AvgIpc) is 2.04. The Morgan fingerprint density at radius 2 is 2.00 bits per heavy atom. The molecule has 0 aromatic carbocycles. The fourth-order valence-corrected chi connectivity index (χ4v) is 2.87. The van der Waals surface area contributed by atoms with Crippen molar-refractivity contribution >= 4 is 0 Å². The van der Waals surface area contributed by atoms with E-state index in [-0.39, 0.29) is 0 Å². The van der Waals surface area contributed by atoms with Gasteiger partial charge in [0, 0.05) is 6.04 Å². The van der Waals surface area contributed by atoms with Crippen LogP contribution in [0.15, 0.2) is 0 Å². The summed E-state index contributed by atoms with van der Waals surface area (Å²) in [5, 5.41) is 0. The fourth-order valence-electron chi connectivity index (χ4n) is 2.87. The minimum atomic E-state index is 0.465. The van der Waals surface area contributed by atoms with E-state index in [4.69, 9.17) is 5.73 Å². The second kappa shape index (κ2) is 4.99. The molecule has 0 saturated heterocycles. The minimum absolute atomic E-state index is 0.465. The maximum atomic E-state index is 6.19. The van der Waals surface area contributed by atoms with Crippen LogP contribution in [0.4, 0.5) is 0 Å². The molecule has 0 heterocycles. The van der Waals surface area contributed by atoms with Gasteiger partial charge in [0.25, 0.3) is 0 Å². The van der Waals surface area contributed by atoms with Crippen LogP contribution in [-0.2, 0) is 0 Å². The van der Waals surface area contributed by atoms with Crippen molar-refractivity contribution < 1.29 is 0 Å². The fraction of sp³-hybridized carbons (Fsp3) is 1.00. The molecule has 0 aromatic rings. The Labute approximate surface area is 83.1 Å². The Balaban J connectivity index is 2.40. The molecule has 0 bridgehead atoms. The van der Waals surface area contributed by atoms with Gasteiger partial charge >= 0.3 is 0 Å². The first-order chi connectivity index (χ1) is 6.15. The van der Waals surface area contributed by atoms with Crippen molar-refractivity contribution in [2.45, 2.75) is 58.9 Å². The molecule has 4 atom stereocenters. The normalized spacial score (nSPS) is 37.4. The van der Waals surface area contributed by atoms with E-state index >= 15 is 0 Å². The minimum Gasteiger partial charge on any atom is -0.327 e. The quantitative estimate of drug-likeness (QED) is 0.714. The third kappa shape index (κ3) is 2.98. The van der Waals surface area contributed by atoms with E-state index < -0.39 is 0 Å². The molecule has 1 rings (SSSR count). The van der Waals surface area contributed by atoms with Gasteiger partial charge in [-0.25, -0.2) is 0 Å². The summed E-state index contributed by atoms with van der Waals surface area (Å²) in [4.78, 5) is 0. The van der Waals surface area contributed by atoms with Gasteiger partial charge in [-0.05, 0) is 37.0 Å². The van der Waals surface area contributed by atoms with E-state index in [1.54, 1.807) is 0 Å². The van der Waals surface area contributed by atoms with E-state index in [9.17, 15) is 0 Å². The molecular weight excluding hydrogens is 158 g/mol. The lowest BCUT2D eigenvalue weighted by atomic mass is 9.72. The Kier molecular flexibility index (Phi) is 4.24. The zero-order valence-corrected chi connectivity index (χ0v) is 9.42. The number of nitrogens with two attached hydrogens (primary N) is 1. The van der Waals surface area contributed by atoms with Crippen molar-refractivity contribution in [3.05, 3.63) is 0 Å². The summed E-state index contributed by atoms with van der Waals surface area (Å²) in [7, 11) is 0. The highest BCUT2D eigenvalue weighted by Crippen LogP contribution is 2.35. The van der Waals surface area contributed by atoms with Crippen LogP contribution >= 0.6 is 0 Å². The molecule has 1 aliphatic carbocycles. The molecule has 1 fully saturated rings. The van der Waals surface area contributed by atoms with Gasteiger partial charge < -0.3 is 5.73 Å². The first-order valence-electron chi connectivity index (χ1n) is 5.90. The molecule has 78 valence electrons. The van der Waals surface area contributed by atoms with Crippen LogP contribution < -0.4 is 5.73 Å². The molecule has 0 spiro atoms. The standard InChI is InChI=1S/C12H25N/c1-4-5-12(13)11-7-6-9(2)8-10(11)3/h9-12H,4-8,13H2,1-3H3. The zero-order chi connectivity index (χ0) is 9.84. The number of hydrogen-bond acceptors (Lipinski definition) is 1. The maximum Gasteiger partial charge on any atom is 0.00696 e. The first kappa shape index (κ1) is 11.0. The van der Waals surface area contributed by atoms with Crippen molar-refractivity contribution in [3.8, 4) is 0 Å². The van der Waals surface area contributed by atoms with Gasteiger partial charge in [-0.2, -0.15) is 0 Å². The predicted octanol–water partition coefficient (Wildman–Crippen LogP) is 3.19. The Morgan fingerprint density at radius 3 is 2.54 bits per heavy atom. The molecule has 0 aliphatic heterocycles. The third-order valence-electron chi connectivity index (χ3n) is 3.67. The first-order valence-corrected chi connectivity index (χ1v) is 5.90. The molecule has 1 heteroatoms. The van der Waals surface area contributed by atoms with Crippen LogP contribution in [0.2, 0.25) is 0 Å². The lowest BCUT2D eigenvalue weighted by molar-refractivity contribution is 0.171. The lowest BCUT2D eigenvalue weighted by Crippen LogP contribution is -2.37. The summed E-state index contributed by atoms with van der Waals surface area (Å²) < 4.78 is 0. The van der Waals surface area contributed by atoms with Crippen LogP contribution in [0.3, 0.4) is 0 Å². The molecule has 1 saturated carbocycles. The molecule has 4 unspecified atom stereocenters. The largest absolute Gasteiger partial charge is 0.327 e. The van der Waals surface area contributed by atoms with Gasteiger partial charge in [0.2, 0.25) is 0 Å². The summed E-state index contributed by atoms with van der Waals surface area (Å²) in [6, 6.07) is 0.465. The second-order valence-electron chi connectivity index (χ2n) is 5.01. The van der Waals surface area contributed by atoms with Gasteiger partial charge in [0.05, 0.1) is 0 Å². The smallest absolute Gasteiger partial charge is 0.00696 e. The van der Waals surface area contributed by atoms with Gasteiger partial charge in [-0.3, -0.25) is 0 Å². The molecule has 0 aromatic heterocycles. The van der Waals surface area contributed by atoms with Crippen LogP contribution in [0.25, 0.3) is 0 Å². The van der Waals surface area contributed by atoms with Gasteiger partial charge in [0.15, 0.2) is 0 Å². The summed E-state index contributed by atoms with van der Waals surface area (Å²) in [5.41, 5.74) is 6.19. The van der Waals surface area contributed by atoms with Crippen LogP contribution in [0, 0.1) is 17.8 Å². The highest BCUT2D eigenvalue weighted by molar-refractivity contribution is 4.82. The lowest BCUT2D eigenvalue weighted by Gasteiger charge is -2.36.